The number of nitrogen functional groups attached to an aromatic ring is 1. The number of nitrogens with one attached hydrogen (secondary N) is 1. The molecule has 0 spiro atoms. The minimum absolute atomic E-state index is 0.465. The van der Waals surface area contributed by atoms with Gasteiger partial charge in [0.2, 0.25) is 0 Å². The summed E-state index contributed by atoms with van der Waals surface area (Å²) in [4.78, 5) is 8.60. The number of aryl methyl sites for hydroxylation is 1. The molecule has 1 aliphatic carbocycles. The molecule has 5 nitrogen and oxygen atoms in total. The molecule has 3 N–H and O–H groups in total. The van der Waals surface area contributed by atoms with Crippen molar-refractivity contribution < 1.29 is 4.74 Å². The number of hydrogen-bond donors (Lipinski definition) is 2. The maximum atomic E-state index is 5.72. The van der Waals surface area contributed by atoms with Crippen molar-refractivity contribution >= 4 is 5.82 Å². The molecule has 1 fully saturated rings. The highest BCUT2D eigenvalue weighted by atomic mass is 16.5. The van der Waals surface area contributed by atoms with Gasteiger partial charge >= 0.3 is 0 Å². The van der Waals surface area contributed by atoms with E-state index in [-0.39, 0.29) is 0 Å². The molecule has 5 heteroatoms. The number of hydrazine groups is 1. The predicted molar refractivity (Wildman–Crippen MR) is 70.8 cm³/mol. The molecule has 0 amide bonds. The van der Waals surface area contributed by atoms with Crippen LogP contribution in [-0.2, 0) is 11.3 Å². The van der Waals surface area contributed by atoms with Crippen LogP contribution >= 0.6 is 0 Å². The fraction of sp³-hybridized carbons (Fsp3) is 0.692. The van der Waals surface area contributed by atoms with Gasteiger partial charge in [0.15, 0.2) is 5.82 Å². The topological polar surface area (TPSA) is 73.1 Å². The second kappa shape index (κ2) is 6.66. The molecule has 0 radical (unpaired) electrons. The van der Waals surface area contributed by atoms with Crippen LogP contribution in [0.25, 0.3) is 0 Å². The molecule has 0 aromatic carbocycles. The van der Waals surface area contributed by atoms with Crippen LogP contribution in [0.2, 0.25) is 0 Å². The van der Waals surface area contributed by atoms with Gasteiger partial charge in [0.05, 0.1) is 0 Å². The van der Waals surface area contributed by atoms with Crippen LogP contribution in [0.4, 0.5) is 5.82 Å². The van der Waals surface area contributed by atoms with Crippen LogP contribution in [0.5, 0.6) is 0 Å². The zero-order valence-corrected chi connectivity index (χ0v) is 11.0. The molecule has 100 valence electrons. The van der Waals surface area contributed by atoms with E-state index >= 15 is 0 Å². The van der Waals surface area contributed by atoms with Gasteiger partial charge in [-0.05, 0) is 25.7 Å². The first-order valence-electron chi connectivity index (χ1n) is 6.67. The van der Waals surface area contributed by atoms with E-state index in [0.29, 0.717) is 18.2 Å². The van der Waals surface area contributed by atoms with Crippen molar-refractivity contribution in [2.24, 2.45) is 11.8 Å². The highest BCUT2D eigenvalue weighted by Gasteiger charge is 2.13. The van der Waals surface area contributed by atoms with Crippen LogP contribution in [0.3, 0.4) is 0 Å². The maximum Gasteiger partial charge on any atom is 0.156 e. The van der Waals surface area contributed by atoms with E-state index in [1.807, 2.05) is 13.0 Å². The van der Waals surface area contributed by atoms with E-state index in [2.05, 4.69) is 15.4 Å². The molecule has 2 rings (SSSR count). The third kappa shape index (κ3) is 3.92. The summed E-state index contributed by atoms with van der Waals surface area (Å²) < 4.78 is 5.72. The number of aromatic nitrogens is 2. The van der Waals surface area contributed by atoms with Crippen LogP contribution in [-0.4, -0.2) is 16.6 Å². The van der Waals surface area contributed by atoms with Crippen molar-refractivity contribution in [2.45, 2.75) is 45.6 Å². The van der Waals surface area contributed by atoms with Gasteiger partial charge in [0, 0.05) is 18.4 Å². The Morgan fingerprint density at radius 1 is 1.33 bits per heavy atom. The van der Waals surface area contributed by atoms with Crippen molar-refractivity contribution in [3.63, 3.8) is 0 Å². The molecular formula is C13H22N4O. The van der Waals surface area contributed by atoms with Crippen LogP contribution < -0.4 is 11.3 Å². The molecular weight excluding hydrogens is 228 g/mol. The first-order chi connectivity index (χ1) is 8.78. The van der Waals surface area contributed by atoms with E-state index in [1.165, 1.54) is 32.1 Å². The Bertz CT molecular complexity index is 377. The summed E-state index contributed by atoms with van der Waals surface area (Å²) in [5.41, 5.74) is 3.44. The quantitative estimate of drug-likeness (QED) is 0.619. The molecule has 0 unspecified atom stereocenters. The van der Waals surface area contributed by atoms with Gasteiger partial charge in [-0.3, -0.25) is 0 Å². The van der Waals surface area contributed by atoms with Crippen LogP contribution in [0.15, 0.2) is 6.07 Å². The smallest absolute Gasteiger partial charge is 0.156 e. The Hall–Kier alpha value is -1.20. The maximum absolute atomic E-state index is 5.72. The number of hydrogen-bond acceptors (Lipinski definition) is 5. The highest BCUT2D eigenvalue weighted by Crippen LogP contribution is 2.23. The second-order valence-corrected chi connectivity index (χ2v) is 4.97. The first kappa shape index (κ1) is 13.2. The minimum atomic E-state index is 0.465. The summed E-state index contributed by atoms with van der Waals surface area (Å²) in [6.45, 7) is 3.21. The predicted octanol–water partition coefficient (Wildman–Crippen LogP) is 2.17. The van der Waals surface area contributed by atoms with Gasteiger partial charge in [-0.1, -0.05) is 19.3 Å². The molecule has 0 atom stereocenters. The zero-order valence-electron chi connectivity index (χ0n) is 11.0. The number of nitrogens with zero attached hydrogens (tertiary/aromatic N) is 2. The number of nitrogens with two attached hydrogens (primary N) is 1. The Morgan fingerprint density at radius 2 is 2.11 bits per heavy atom. The average molecular weight is 250 g/mol. The summed E-state index contributed by atoms with van der Waals surface area (Å²) in [7, 11) is 0. The van der Waals surface area contributed by atoms with Crippen LogP contribution in [0, 0.1) is 12.8 Å². The van der Waals surface area contributed by atoms with E-state index in [9.17, 15) is 0 Å². The lowest BCUT2D eigenvalue weighted by atomic mass is 9.90. The van der Waals surface area contributed by atoms with Crippen molar-refractivity contribution in [1.82, 2.24) is 9.97 Å². The highest BCUT2D eigenvalue weighted by molar-refractivity contribution is 5.33. The second-order valence-electron chi connectivity index (χ2n) is 4.97. The van der Waals surface area contributed by atoms with Gasteiger partial charge in [0.1, 0.15) is 12.4 Å². The Balaban J connectivity index is 1.80. The molecule has 1 saturated carbocycles. The van der Waals surface area contributed by atoms with Gasteiger partial charge in [0.25, 0.3) is 0 Å². The molecule has 0 aliphatic heterocycles. The summed E-state index contributed by atoms with van der Waals surface area (Å²) in [6, 6.07) is 1.81. The Kier molecular flexibility index (Phi) is 4.90. The number of rotatable bonds is 5. The lowest BCUT2D eigenvalue weighted by Gasteiger charge is -2.21. The van der Waals surface area contributed by atoms with Crippen LogP contribution in [0.1, 0.15) is 43.6 Å². The van der Waals surface area contributed by atoms with E-state index < -0.39 is 0 Å². The molecule has 18 heavy (non-hydrogen) atoms. The third-order valence-electron chi connectivity index (χ3n) is 3.36. The third-order valence-corrected chi connectivity index (χ3v) is 3.36. The molecule has 0 bridgehead atoms. The van der Waals surface area contributed by atoms with Crippen molar-refractivity contribution in [3.8, 4) is 0 Å². The normalized spacial score (nSPS) is 16.8. The number of ether oxygens (including phenoxy) is 1. The summed E-state index contributed by atoms with van der Waals surface area (Å²) >= 11 is 0. The van der Waals surface area contributed by atoms with Gasteiger partial charge in [-0.15, -0.1) is 0 Å². The average Bonchev–Trinajstić information content (AvgIpc) is 2.39. The summed E-state index contributed by atoms with van der Waals surface area (Å²) in [5.74, 6) is 7.40. The van der Waals surface area contributed by atoms with Gasteiger partial charge < -0.3 is 10.2 Å². The Labute approximate surface area is 108 Å². The molecule has 1 aromatic heterocycles. The van der Waals surface area contributed by atoms with E-state index in [0.717, 1.165) is 18.2 Å². The zero-order chi connectivity index (χ0) is 12.8. The largest absolute Gasteiger partial charge is 0.373 e. The molecule has 1 heterocycles. The number of anilines is 1. The van der Waals surface area contributed by atoms with Crippen molar-refractivity contribution in [2.75, 3.05) is 12.0 Å². The van der Waals surface area contributed by atoms with Gasteiger partial charge in [-0.2, -0.15) is 0 Å². The lowest BCUT2D eigenvalue weighted by molar-refractivity contribution is 0.0699. The molecule has 1 aromatic rings. The van der Waals surface area contributed by atoms with E-state index in [4.69, 9.17) is 10.6 Å². The molecule has 0 saturated heterocycles. The lowest BCUT2D eigenvalue weighted by Crippen LogP contribution is -2.15. The fourth-order valence-corrected chi connectivity index (χ4v) is 2.44. The first-order valence-corrected chi connectivity index (χ1v) is 6.67. The SMILES string of the molecule is Cc1cc(NN)nc(COCC2CCCCC2)n1. The Morgan fingerprint density at radius 3 is 2.83 bits per heavy atom. The van der Waals surface area contributed by atoms with Crippen molar-refractivity contribution in [3.05, 3.63) is 17.6 Å². The fourth-order valence-electron chi connectivity index (χ4n) is 2.44. The summed E-state index contributed by atoms with van der Waals surface area (Å²) in [6.07, 6.45) is 6.66. The van der Waals surface area contributed by atoms with E-state index in [1.54, 1.807) is 0 Å². The standard InChI is InChI=1S/C13H22N4O/c1-10-7-12(17-14)16-13(15-10)9-18-8-11-5-3-2-4-6-11/h7,11H,2-6,8-9,14H2,1H3,(H,15,16,17). The minimum Gasteiger partial charge on any atom is -0.373 e. The molecule has 1 aliphatic rings. The van der Waals surface area contributed by atoms with Crippen molar-refractivity contribution in [1.29, 1.82) is 0 Å². The van der Waals surface area contributed by atoms with Gasteiger partial charge in [-0.25, -0.2) is 15.8 Å². The monoisotopic (exact) mass is 250 g/mol. The summed E-state index contributed by atoms with van der Waals surface area (Å²) in [5, 5.41) is 0.